The lowest BCUT2D eigenvalue weighted by molar-refractivity contribution is -0.132. The molecule has 0 bridgehead atoms. The number of imidazole rings is 1. The number of carbonyl (C=O) groups is 2. The van der Waals surface area contributed by atoms with Crippen LogP contribution in [0.15, 0.2) is 72.8 Å². The normalized spacial score (nSPS) is 17.5. The number of nitrogens with zero attached hydrogens (tertiary/aromatic N) is 3. The summed E-state index contributed by atoms with van der Waals surface area (Å²) in [4.78, 5) is 32.7. The predicted octanol–water partition coefficient (Wildman–Crippen LogP) is 5.30. The maximum absolute atomic E-state index is 13.4. The maximum Gasteiger partial charge on any atom is 0.251 e. The number of benzene rings is 3. The van der Waals surface area contributed by atoms with E-state index in [1.54, 1.807) is 7.11 Å². The molecule has 2 fully saturated rings. The van der Waals surface area contributed by atoms with Gasteiger partial charge in [-0.05, 0) is 79.5 Å². The third-order valence-corrected chi connectivity index (χ3v) is 8.84. The molecule has 2 amide bonds. The summed E-state index contributed by atoms with van der Waals surface area (Å²) in [5.41, 5.74) is 12.6. The smallest absolute Gasteiger partial charge is 0.251 e. The molecule has 8 nitrogen and oxygen atoms in total. The van der Waals surface area contributed by atoms with Crippen molar-refractivity contribution in [2.24, 2.45) is 5.73 Å². The third kappa shape index (κ3) is 7.20. The van der Waals surface area contributed by atoms with Gasteiger partial charge in [-0.3, -0.25) is 9.59 Å². The lowest BCUT2D eigenvalue weighted by Gasteiger charge is -2.33. The van der Waals surface area contributed by atoms with Crippen molar-refractivity contribution in [2.45, 2.75) is 69.5 Å². The van der Waals surface area contributed by atoms with Crippen LogP contribution < -0.4 is 11.1 Å². The van der Waals surface area contributed by atoms with Gasteiger partial charge in [0.15, 0.2) is 0 Å². The molecule has 3 N–H and O–H groups in total. The van der Waals surface area contributed by atoms with E-state index in [-0.39, 0.29) is 23.8 Å². The van der Waals surface area contributed by atoms with Crippen LogP contribution in [0.5, 0.6) is 0 Å². The van der Waals surface area contributed by atoms with Crippen molar-refractivity contribution in [2.75, 3.05) is 26.8 Å². The molecule has 8 heteroatoms. The third-order valence-electron chi connectivity index (χ3n) is 8.84. The molecule has 2 atom stereocenters. The molecule has 1 aliphatic heterocycles. The number of carbonyl (C=O) groups excluding carboxylic acids is 2. The molecule has 2 unspecified atom stereocenters. The van der Waals surface area contributed by atoms with Gasteiger partial charge in [0, 0.05) is 63.3 Å². The van der Waals surface area contributed by atoms with E-state index in [1.165, 1.54) is 0 Å². The highest BCUT2D eigenvalue weighted by Gasteiger charge is 2.29. The Bertz CT molecular complexity index is 1580. The fraction of sp³-hybridized carbons (Fsp3) is 0.417. The summed E-state index contributed by atoms with van der Waals surface area (Å²) in [7, 11) is 1.73. The number of aromatic nitrogens is 2. The molecular formula is C36H43N5O3. The molecule has 1 aliphatic carbocycles. The standard InChI is InChI=1S/C36H43N5O3/c1-44-21-5-20-41-33-8-3-2-7-32(33)39-35(41)29-6-4-19-40(24-29)34(42)23-30(37)22-25-9-11-26(12-10-25)27-13-15-28(16-14-27)36(43)38-31-17-18-31/h2-3,7-16,29-31H,4-6,17-24,37H2,1H3,(H,38,43). The average molecular weight is 594 g/mol. The van der Waals surface area contributed by atoms with E-state index in [2.05, 4.69) is 52.3 Å². The Morgan fingerprint density at radius 3 is 2.45 bits per heavy atom. The lowest BCUT2D eigenvalue weighted by Crippen LogP contribution is -2.42. The minimum atomic E-state index is -0.253. The van der Waals surface area contributed by atoms with Gasteiger partial charge < -0.3 is 25.3 Å². The molecular weight excluding hydrogens is 550 g/mol. The fourth-order valence-electron chi connectivity index (χ4n) is 6.29. The van der Waals surface area contributed by atoms with Crippen LogP contribution in [-0.2, 0) is 22.5 Å². The SMILES string of the molecule is COCCCn1c(C2CCCN(C(=O)CC(N)Cc3ccc(-c4ccc(C(=O)NC5CC5)cc4)cc3)C2)nc2ccccc21. The second-order valence-electron chi connectivity index (χ2n) is 12.3. The number of rotatable bonds is 12. The molecule has 1 saturated carbocycles. The number of hydrogen-bond donors (Lipinski definition) is 2. The Labute approximate surface area is 259 Å². The first-order chi connectivity index (χ1) is 21.5. The van der Waals surface area contributed by atoms with Gasteiger partial charge in [0.1, 0.15) is 5.82 Å². The highest BCUT2D eigenvalue weighted by atomic mass is 16.5. The van der Waals surface area contributed by atoms with Gasteiger partial charge in [-0.1, -0.05) is 48.5 Å². The van der Waals surface area contributed by atoms with E-state index < -0.39 is 0 Å². The van der Waals surface area contributed by atoms with Crippen LogP contribution in [0.4, 0.5) is 0 Å². The van der Waals surface area contributed by atoms with Crippen molar-refractivity contribution in [3.05, 3.63) is 89.7 Å². The summed E-state index contributed by atoms with van der Waals surface area (Å²) >= 11 is 0. The predicted molar refractivity (Wildman–Crippen MR) is 173 cm³/mol. The highest BCUT2D eigenvalue weighted by molar-refractivity contribution is 5.95. The zero-order chi connectivity index (χ0) is 30.5. The second-order valence-corrected chi connectivity index (χ2v) is 12.3. The number of nitrogens with one attached hydrogen (secondary N) is 1. The van der Waals surface area contributed by atoms with Crippen molar-refractivity contribution in [1.29, 1.82) is 0 Å². The summed E-state index contributed by atoms with van der Waals surface area (Å²) in [6.07, 6.45) is 6.01. The molecule has 2 heterocycles. The van der Waals surface area contributed by atoms with Gasteiger partial charge in [-0.25, -0.2) is 4.98 Å². The average Bonchev–Trinajstić information content (AvgIpc) is 3.79. The second kappa shape index (κ2) is 13.7. The monoisotopic (exact) mass is 593 g/mol. The Morgan fingerprint density at radius 1 is 1.00 bits per heavy atom. The first-order valence-corrected chi connectivity index (χ1v) is 16.0. The van der Waals surface area contributed by atoms with Gasteiger partial charge in [-0.15, -0.1) is 0 Å². The molecule has 2 aliphatic rings. The molecule has 0 spiro atoms. The van der Waals surface area contributed by atoms with Gasteiger partial charge in [-0.2, -0.15) is 0 Å². The van der Waals surface area contributed by atoms with Gasteiger partial charge >= 0.3 is 0 Å². The molecule has 1 aromatic heterocycles. The van der Waals surface area contributed by atoms with Crippen LogP contribution in [0.25, 0.3) is 22.2 Å². The van der Waals surface area contributed by atoms with E-state index in [0.29, 0.717) is 37.6 Å². The number of likely N-dealkylation sites (tertiary alicyclic amines) is 1. The van der Waals surface area contributed by atoms with E-state index in [9.17, 15) is 9.59 Å². The topological polar surface area (TPSA) is 102 Å². The fourth-order valence-corrected chi connectivity index (χ4v) is 6.29. The maximum atomic E-state index is 13.4. The van der Waals surface area contributed by atoms with E-state index >= 15 is 0 Å². The van der Waals surface area contributed by atoms with Crippen LogP contribution in [0.2, 0.25) is 0 Å². The Balaban J connectivity index is 1.04. The van der Waals surface area contributed by atoms with E-state index in [0.717, 1.165) is 78.7 Å². The number of ether oxygens (including phenoxy) is 1. The molecule has 0 radical (unpaired) electrons. The van der Waals surface area contributed by atoms with Crippen molar-refractivity contribution in [3.63, 3.8) is 0 Å². The van der Waals surface area contributed by atoms with Crippen molar-refractivity contribution < 1.29 is 14.3 Å². The molecule has 44 heavy (non-hydrogen) atoms. The molecule has 1 saturated heterocycles. The molecule has 4 aromatic rings. The minimum Gasteiger partial charge on any atom is -0.385 e. The number of hydrogen-bond acceptors (Lipinski definition) is 5. The summed E-state index contributed by atoms with van der Waals surface area (Å²) in [6, 6.07) is 24.4. The van der Waals surface area contributed by atoms with E-state index in [4.69, 9.17) is 15.5 Å². The quantitative estimate of drug-likeness (QED) is 0.217. The summed E-state index contributed by atoms with van der Waals surface area (Å²) in [6.45, 7) is 2.99. The van der Waals surface area contributed by atoms with Crippen LogP contribution in [0, 0.1) is 0 Å². The number of fused-ring (bicyclic) bond motifs is 1. The lowest BCUT2D eigenvalue weighted by atomic mass is 9.95. The first kappa shape index (κ1) is 30.0. The van der Waals surface area contributed by atoms with Crippen LogP contribution in [0.1, 0.15) is 66.2 Å². The Hall–Kier alpha value is -4.01. The van der Waals surface area contributed by atoms with Crippen LogP contribution in [0.3, 0.4) is 0 Å². The zero-order valence-electron chi connectivity index (χ0n) is 25.6. The highest BCUT2D eigenvalue weighted by Crippen LogP contribution is 2.30. The largest absolute Gasteiger partial charge is 0.385 e. The van der Waals surface area contributed by atoms with Gasteiger partial charge in [0.05, 0.1) is 11.0 Å². The summed E-state index contributed by atoms with van der Waals surface area (Å²) < 4.78 is 7.63. The Morgan fingerprint density at radius 2 is 1.73 bits per heavy atom. The van der Waals surface area contributed by atoms with Crippen LogP contribution in [-0.4, -0.2) is 65.2 Å². The van der Waals surface area contributed by atoms with Gasteiger partial charge in [0.2, 0.25) is 5.91 Å². The van der Waals surface area contributed by atoms with Crippen molar-refractivity contribution in [3.8, 4) is 11.1 Å². The summed E-state index contributed by atoms with van der Waals surface area (Å²) in [5.74, 6) is 1.39. The number of aryl methyl sites for hydroxylation is 1. The number of piperidine rings is 1. The number of amides is 2. The molecule has 230 valence electrons. The van der Waals surface area contributed by atoms with Crippen molar-refractivity contribution in [1.82, 2.24) is 19.8 Å². The number of methoxy groups -OCH3 is 1. The summed E-state index contributed by atoms with van der Waals surface area (Å²) in [5, 5.41) is 3.03. The number of nitrogens with two attached hydrogens (primary N) is 1. The molecule has 6 rings (SSSR count). The zero-order valence-corrected chi connectivity index (χ0v) is 25.6. The molecule has 3 aromatic carbocycles. The van der Waals surface area contributed by atoms with Crippen LogP contribution >= 0.6 is 0 Å². The Kier molecular flexibility index (Phi) is 9.38. The first-order valence-electron chi connectivity index (χ1n) is 16.0. The van der Waals surface area contributed by atoms with Crippen molar-refractivity contribution >= 4 is 22.8 Å². The van der Waals surface area contributed by atoms with E-state index in [1.807, 2.05) is 35.2 Å². The number of para-hydroxylation sites is 2. The minimum absolute atomic E-state index is 0.00390. The van der Waals surface area contributed by atoms with Gasteiger partial charge in [0.25, 0.3) is 5.91 Å².